The van der Waals surface area contributed by atoms with Crippen molar-refractivity contribution in [2.75, 3.05) is 11.9 Å². The van der Waals surface area contributed by atoms with E-state index < -0.39 is 0 Å². The maximum absolute atomic E-state index is 12.1. The zero-order chi connectivity index (χ0) is 13.2. The van der Waals surface area contributed by atoms with Gasteiger partial charge in [-0.3, -0.25) is 10.00 Å². The van der Waals surface area contributed by atoms with E-state index in [0.29, 0.717) is 5.82 Å². The Labute approximate surface area is 111 Å². The number of carbonyl (C=O) groups is 1. The lowest BCUT2D eigenvalue weighted by molar-refractivity contribution is 0.126. The smallest absolute Gasteiger partial charge is 0.317 e. The average molecular weight is 257 g/mol. The first-order chi connectivity index (χ1) is 9.24. The van der Waals surface area contributed by atoms with Gasteiger partial charge in [0.05, 0.1) is 12.2 Å². The standard InChI is InChI=1S/C13H15N5O/c1-17-9-12(15-16-17)14-13(19)18-8-7-11(18)10-5-3-2-4-6-10/h2-6,9,11H,7-8H2,1H3,(H,14,19). The number of nitrogens with zero attached hydrogens (tertiary/aromatic N) is 4. The maximum atomic E-state index is 12.1. The number of anilines is 1. The first-order valence-corrected chi connectivity index (χ1v) is 6.23. The Bertz CT molecular complexity index is 580. The number of hydrogen-bond donors (Lipinski definition) is 1. The number of benzene rings is 1. The number of aromatic nitrogens is 3. The summed E-state index contributed by atoms with van der Waals surface area (Å²) in [5.74, 6) is 0.478. The Morgan fingerprint density at radius 2 is 2.16 bits per heavy atom. The summed E-state index contributed by atoms with van der Waals surface area (Å²) in [4.78, 5) is 13.9. The van der Waals surface area contributed by atoms with Gasteiger partial charge in [0.2, 0.25) is 0 Å². The molecule has 2 heterocycles. The van der Waals surface area contributed by atoms with E-state index in [0.717, 1.165) is 13.0 Å². The van der Waals surface area contributed by atoms with Crippen molar-refractivity contribution < 1.29 is 4.79 Å². The monoisotopic (exact) mass is 257 g/mol. The van der Waals surface area contributed by atoms with Gasteiger partial charge in [0.1, 0.15) is 0 Å². The molecule has 2 amide bonds. The lowest BCUT2D eigenvalue weighted by Crippen LogP contribution is -2.47. The Morgan fingerprint density at radius 1 is 1.37 bits per heavy atom. The third-order valence-electron chi connectivity index (χ3n) is 3.30. The molecule has 1 aromatic carbocycles. The Morgan fingerprint density at radius 3 is 2.74 bits per heavy atom. The van der Waals surface area contributed by atoms with E-state index in [1.807, 2.05) is 35.2 Å². The van der Waals surface area contributed by atoms with Gasteiger partial charge in [-0.15, -0.1) is 5.10 Å². The van der Waals surface area contributed by atoms with Crippen LogP contribution in [0.1, 0.15) is 18.0 Å². The average Bonchev–Trinajstić information content (AvgIpc) is 2.74. The van der Waals surface area contributed by atoms with E-state index in [1.54, 1.807) is 17.9 Å². The minimum absolute atomic E-state index is 0.124. The van der Waals surface area contributed by atoms with E-state index in [4.69, 9.17) is 0 Å². The molecule has 1 unspecified atom stereocenters. The zero-order valence-electron chi connectivity index (χ0n) is 10.7. The first-order valence-electron chi connectivity index (χ1n) is 6.23. The highest BCUT2D eigenvalue weighted by molar-refractivity contribution is 5.89. The van der Waals surface area contributed by atoms with Crippen molar-refractivity contribution in [1.29, 1.82) is 0 Å². The zero-order valence-corrected chi connectivity index (χ0v) is 10.7. The fourth-order valence-electron chi connectivity index (χ4n) is 2.24. The predicted octanol–water partition coefficient (Wildman–Crippen LogP) is 1.79. The summed E-state index contributed by atoms with van der Waals surface area (Å²) in [7, 11) is 1.76. The van der Waals surface area contributed by atoms with Gasteiger partial charge in [0.25, 0.3) is 0 Å². The highest BCUT2D eigenvalue weighted by Crippen LogP contribution is 2.33. The number of aryl methyl sites for hydroxylation is 1. The molecule has 1 aliphatic heterocycles. The molecule has 0 aliphatic carbocycles. The van der Waals surface area contributed by atoms with Gasteiger partial charge in [0, 0.05) is 13.6 Å². The van der Waals surface area contributed by atoms with Crippen LogP contribution in [-0.2, 0) is 7.05 Å². The number of urea groups is 1. The van der Waals surface area contributed by atoms with Crippen LogP contribution >= 0.6 is 0 Å². The van der Waals surface area contributed by atoms with E-state index >= 15 is 0 Å². The van der Waals surface area contributed by atoms with Crippen LogP contribution in [0.3, 0.4) is 0 Å². The summed E-state index contributed by atoms with van der Waals surface area (Å²) in [6.45, 7) is 0.770. The Balaban J connectivity index is 1.68. The van der Waals surface area contributed by atoms with Crippen LogP contribution in [0.25, 0.3) is 0 Å². The molecule has 1 atom stereocenters. The van der Waals surface area contributed by atoms with Gasteiger partial charge >= 0.3 is 6.03 Å². The molecular formula is C13H15N5O. The minimum atomic E-state index is -0.124. The number of carbonyl (C=O) groups excluding carboxylic acids is 1. The van der Waals surface area contributed by atoms with Crippen molar-refractivity contribution in [2.45, 2.75) is 12.5 Å². The fraction of sp³-hybridized carbons (Fsp3) is 0.308. The van der Waals surface area contributed by atoms with Crippen LogP contribution in [0.4, 0.5) is 10.6 Å². The molecule has 1 aliphatic rings. The van der Waals surface area contributed by atoms with E-state index in [2.05, 4.69) is 15.6 Å². The summed E-state index contributed by atoms with van der Waals surface area (Å²) in [6, 6.07) is 10.1. The van der Waals surface area contributed by atoms with Gasteiger partial charge in [-0.2, -0.15) is 0 Å². The minimum Gasteiger partial charge on any atom is -0.317 e. The van der Waals surface area contributed by atoms with Crippen LogP contribution in [0.2, 0.25) is 0 Å². The van der Waals surface area contributed by atoms with E-state index in [-0.39, 0.29) is 12.1 Å². The molecule has 1 saturated heterocycles. The van der Waals surface area contributed by atoms with Crippen LogP contribution < -0.4 is 5.32 Å². The van der Waals surface area contributed by atoms with Crippen LogP contribution in [0.5, 0.6) is 0 Å². The molecule has 0 radical (unpaired) electrons. The first kappa shape index (κ1) is 11.7. The molecule has 6 nitrogen and oxygen atoms in total. The highest BCUT2D eigenvalue weighted by atomic mass is 16.2. The molecule has 1 aromatic heterocycles. The van der Waals surface area contributed by atoms with Crippen molar-refractivity contribution in [2.24, 2.45) is 7.05 Å². The predicted molar refractivity (Wildman–Crippen MR) is 70.5 cm³/mol. The molecular weight excluding hydrogens is 242 g/mol. The summed E-state index contributed by atoms with van der Waals surface area (Å²) in [6.07, 6.45) is 2.67. The van der Waals surface area contributed by atoms with Gasteiger partial charge in [-0.25, -0.2) is 4.79 Å². The Kier molecular flexibility index (Phi) is 2.91. The second-order valence-electron chi connectivity index (χ2n) is 4.62. The van der Waals surface area contributed by atoms with Crippen molar-refractivity contribution in [3.63, 3.8) is 0 Å². The van der Waals surface area contributed by atoms with Crippen LogP contribution in [0, 0.1) is 0 Å². The van der Waals surface area contributed by atoms with Gasteiger partial charge in [0.15, 0.2) is 5.82 Å². The number of amides is 2. The third kappa shape index (κ3) is 2.29. The van der Waals surface area contributed by atoms with Gasteiger partial charge < -0.3 is 4.90 Å². The topological polar surface area (TPSA) is 63.1 Å². The van der Waals surface area contributed by atoms with Crippen molar-refractivity contribution in [3.8, 4) is 0 Å². The number of nitrogens with one attached hydrogen (secondary N) is 1. The Hall–Kier alpha value is -2.37. The second kappa shape index (κ2) is 4.72. The molecule has 3 rings (SSSR count). The third-order valence-corrected chi connectivity index (χ3v) is 3.30. The van der Waals surface area contributed by atoms with Gasteiger partial charge in [-0.05, 0) is 12.0 Å². The van der Waals surface area contributed by atoms with Crippen molar-refractivity contribution in [3.05, 3.63) is 42.1 Å². The van der Waals surface area contributed by atoms with Crippen LogP contribution in [0.15, 0.2) is 36.5 Å². The summed E-state index contributed by atoms with van der Waals surface area (Å²) < 4.78 is 1.56. The molecule has 1 fully saturated rings. The lowest BCUT2D eigenvalue weighted by atomic mass is 9.95. The number of rotatable bonds is 2. The number of likely N-dealkylation sites (tertiary alicyclic amines) is 1. The van der Waals surface area contributed by atoms with E-state index in [1.165, 1.54) is 5.56 Å². The molecule has 2 aromatic rings. The number of hydrogen-bond acceptors (Lipinski definition) is 3. The molecule has 98 valence electrons. The summed E-state index contributed by atoms with van der Waals surface area (Å²) >= 11 is 0. The lowest BCUT2D eigenvalue weighted by Gasteiger charge is -2.40. The van der Waals surface area contributed by atoms with E-state index in [9.17, 15) is 4.79 Å². The largest absolute Gasteiger partial charge is 0.323 e. The van der Waals surface area contributed by atoms with Crippen molar-refractivity contribution in [1.82, 2.24) is 19.9 Å². The molecule has 0 bridgehead atoms. The normalized spacial score (nSPS) is 17.9. The summed E-state index contributed by atoms with van der Waals surface area (Å²) in [5, 5.41) is 10.4. The molecule has 0 saturated carbocycles. The quantitative estimate of drug-likeness (QED) is 0.892. The molecule has 1 N–H and O–H groups in total. The molecule has 19 heavy (non-hydrogen) atoms. The highest BCUT2D eigenvalue weighted by Gasteiger charge is 2.33. The van der Waals surface area contributed by atoms with Crippen LogP contribution in [-0.4, -0.2) is 32.5 Å². The fourth-order valence-corrected chi connectivity index (χ4v) is 2.24. The maximum Gasteiger partial charge on any atom is 0.323 e. The second-order valence-corrected chi connectivity index (χ2v) is 4.62. The molecule has 6 heteroatoms. The van der Waals surface area contributed by atoms with Crippen molar-refractivity contribution >= 4 is 11.8 Å². The summed E-state index contributed by atoms with van der Waals surface area (Å²) in [5.41, 5.74) is 1.17. The SMILES string of the molecule is Cn1cc(NC(=O)N2CCC2c2ccccc2)nn1. The molecule has 0 spiro atoms. The van der Waals surface area contributed by atoms with Gasteiger partial charge in [-0.1, -0.05) is 35.5 Å².